The van der Waals surface area contributed by atoms with Crippen molar-refractivity contribution in [2.24, 2.45) is 0 Å². The first kappa shape index (κ1) is 17.0. The number of aromatic nitrogens is 1. The van der Waals surface area contributed by atoms with E-state index in [4.69, 9.17) is 0 Å². The van der Waals surface area contributed by atoms with Gasteiger partial charge in [-0.1, -0.05) is 36.4 Å². The Hall–Kier alpha value is -2.40. The Morgan fingerprint density at radius 1 is 1.22 bits per heavy atom. The number of carbonyl (C=O) groups is 1. The highest BCUT2D eigenvalue weighted by molar-refractivity contribution is 5.75. The third kappa shape index (κ3) is 5.07. The van der Waals surface area contributed by atoms with Crippen molar-refractivity contribution in [1.82, 2.24) is 15.2 Å². The van der Waals surface area contributed by atoms with Gasteiger partial charge in [-0.15, -0.1) is 0 Å². The smallest absolute Gasteiger partial charge is 0.318 e. The normalized spacial score (nSPS) is 12.5. The first-order chi connectivity index (χ1) is 10.9. The number of likely N-dealkylation sites (N-methyl/N-ethyl adjacent to an activating group) is 1. The van der Waals surface area contributed by atoms with Crippen molar-refractivity contribution in [2.75, 3.05) is 13.6 Å². The van der Waals surface area contributed by atoms with Crippen molar-refractivity contribution in [3.05, 3.63) is 66.0 Å². The molecule has 2 N–H and O–H groups in total. The van der Waals surface area contributed by atoms with Crippen LogP contribution in [0.3, 0.4) is 0 Å². The van der Waals surface area contributed by atoms with Gasteiger partial charge in [-0.3, -0.25) is 4.98 Å². The molecule has 0 bridgehead atoms. The summed E-state index contributed by atoms with van der Waals surface area (Å²) >= 11 is 0. The zero-order chi connectivity index (χ0) is 16.9. The van der Waals surface area contributed by atoms with Gasteiger partial charge in [-0.05, 0) is 31.5 Å². The van der Waals surface area contributed by atoms with Crippen LogP contribution in [0.25, 0.3) is 0 Å². The van der Waals surface area contributed by atoms with E-state index in [0.717, 1.165) is 11.3 Å². The lowest BCUT2D eigenvalue weighted by Gasteiger charge is -2.28. The lowest BCUT2D eigenvalue weighted by atomic mass is 10.0. The van der Waals surface area contributed by atoms with E-state index in [9.17, 15) is 9.90 Å². The van der Waals surface area contributed by atoms with Crippen LogP contribution < -0.4 is 5.32 Å². The number of amides is 2. The molecule has 1 heterocycles. The van der Waals surface area contributed by atoms with Crippen molar-refractivity contribution in [2.45, 2.75) is 25.5 Å². The summed E-state index contributed by atoms with van der Waals surface area (Å²) < 4.78 is 0. The molecule has 0 saturated carbocycles. The molecule has 2 aromatic rings. The summed E-state index contributed by atoms with van der Waals surface area (Å²) in [7, 11) is 1.66. The van der Waals surface area contributed by atoms with Crippen molar-refractivity contribution in [3.8, 4) is 0 Å². The van der Waals surface area contributed by atoms with Crippen molar-refractivity contribution >= 4 is 6.03 Å². The lowest BCUT2D eigenvalue weighted by Crippen LogP contribution is -2.45. The second kappa shape index (κ2) is 7.24. The first-order valence-corrected chi connectivity index (χ1v) is 7.57. The van der Waals surface area contributed by atoms with Crippen LogP contribution in [0.15, 0.2) is 54.7 Å². The summed E-state index contributed by atoms with van der Waals surface area (Å²) in [5.74, 6) is 0. The van der Waals surface area contributed by atoms with Crippen molar-refractivity contribution < 1.29 is 9.90 Å². The van der Waals surface area contributed by atoms with Gasteiger partial charge in [0.1, 0.15) is 0 Å². The van der Waals surface area contributed by atoms with Crippen LogP contribution >= 0.6 is 0 Å². The molecule has 5 heteroatoms. The van der Waals surface area contributed by atoms with Crippen LogP contribution in [0.1, 0.15) is 31.1 Å². The summed E-state index contributed by atoms with van der Waals surface area (Å²) in [5, 5.41) is 12.9. The second-order valence-electron chi connectivity index (χ2n) is 6.22. The van der Waals surface area contributed by atoms with Gasteiger partial charge in [0, 0.05) is 13.2 Å². The Morgan fingerprint density at radius 2 is 1.87 bits per heavy atom. The molecule has 0 spiro atoms. The number of aliphatic hydroxyl groups is 1. The Labute approximate surface area is 137 Å². The summed E-state index contributed by atoms with van der Waals surface area (Å²) in [5.41, 5.74) is 0.777. The average Bonchev–Trinajstić information content (AvgIpc) is 2.52. The molecule has 2 rings (SSSR count). The molecule has 0 aliphatic carbocycles. The fourth-order valence-corrected chi connectivity index (χ4v) is 2.41. The zero-order valence-corrected chi connectivity index (χ0v) is 13.7. The van der Waals surface area contributed by atoms with Crippen LogP contribution in [0.4, 0.5) is 4.79 Å². The SMILES string of the molecule is CN(CC(C)(C)O)C(=O)NC(c1ccccc1)c1ccccn1. The summed E-state index contributed by atoms with van der Waals surface area (Å²) in [6.07, 6.45) is 1.71. The first-order valence-electron chi connectivity index (χ1n) is 7.57. The fourth-order valence-electron chi connectivity index (χ4n) is 2.41. The van der Waals surface area contributed by atoms with Gasteiger partial charge in [-0.25, -0.2) is 4.79 Å². The van der Waals surface area contributed by atoms with Gasteiger partial charge in [0.05, 0.1) is 23.9 Å². The van der Waals surface area contributed by atoms with E-state index in [2.05, 4.69) is 10.3 Å². The molecule has 1 atom stereocenters. The molecule has 0 saturated heterocycles. The molecular weight excluding hydrogens is 290 g/mol. The number of nitrogens with one attached hydrogen (secondary N) is 1. The van der Waals surface area contributed by atoms with E-state index in [1.165, 1.54) is 4.90 Å². The lowest BCUT2D eigenvalue weighted by molar-refractivity contribution is 0.0529. The number of rotatable bonds is 5. The minimum Gasteiger partial charge on any atom is -0.389 e. The number of hydrogen-bond donors (Lipinski definition) is 2. The molecule has 122 valence electrons. The Kier molecular flexibility index (Phi) is 5.34. The molecule has 0 aliphatic rings. The van der Waals surface area contributed by atoms with E-state index in [1.807, 2.05) is 48.5 Å². The standard InChI is InChI=1S/C18H23N3O2/c1-18(2,23)13-21(3)17(22)20-16(14-9-5-4-6-10-14)15-11-7-8-12-19-15/h4-12,16,23H,13H2,1-3H3,(H,20,22). The second-order valence-corrected chi connectivity index (χ2v) is 6.22. The Bertz CT molecular complexity index is 584. The number of carbonyl (C=O) groups excluding carboxylic acids is 1. The molecule has 0 aliphatic heterocycles. The number of pyridine rings is 1. The molecule has 1 aromatic heterocycles. The summed E-state index contributed by atoms with van der Waals surface area (Å²) in [4.78, 5) is 18.3. The highest BCUT2D eigenvalue weighted by atomic mass is 16.3. The fraction of sp³-hybridized carbons (Fsp3) is 0.333. The molecule has 1 aromatic carbocycles. The number of benzene rings is 1. The van der Waals surface area contributed by atoms with Crippen molar-refractivity contribution in [1.29, 1.82) is 0 Å². The topological polar surface area (TPSA) is 65.5 Å². The minimum atomic E-state index is -0.945. The zero-order valence-electron chi connectivity index (χ0n) is 13.7. The van der Waals surface area contributed by atoms with Crippen LogP contribution in [-0.2, 0) is 0 Å². The highest BCUT2D eigenvalue weighted by Crippen LogP contribution is 2.20. The molecule has 2 amide bonds. The van der Waals surface area contributed by atoms with E-state index in [-0.39, 0.29) is 18.6 Å². The van der Waals surface area contributed by atoms with Gasteiger partial charge in [0.25, 0.3) is 0 Å². The molecular formula is C18H23N3O2. The molecule has 1 unspecified atom stereocenters. The van der Waals surface area contributed by atoms with E-state index in [0.29, 0.717) is 0 Å². The molecule has 5 nitrogen and oxygen atoms in total. The molecule has 0 fully saturated rings. The number of urea groups is 1. The maximum Gasteiger partial charge on any atom is 0.318 e. The van der Waals surface area contributed by atoms with Gasteiger partial charge in [0.2, 0.25) is 0 Å². The van der Waals surface area contributed by atoms with Crippen molar-refractivity contribution in [3.63, 3.8) is 0 Å². The largest absolute Gasteiger partial charge is 0.389 e. The quantitative estimate of drug-likeness (QED) is 0.891. The van der Waals surface area contributed by atoms with Gasteiger partial charge >= 0.3 is 6.03 Å². The molecule has 0 radical (unpaired) electrons. The Balaban J connectivity index is 2.21. The van der Waals surface area contributed by atoms with Gasteiger partial charge in [-0.2, -0.15) is 0 Å². The maximum atomic E-state index is 12.5. The monoisotopic (exact) mass is 313 g/mol. The maximum absolute atomic E-state index is 12.5. The van der Waals surface area contributed by atoms with E-state index >= 15 is 0 Å². The number of nitrogens with zero attached hydrogens (tertiary/aromatic N) is 2. The third-order valence-electron chi connectivity index (χ3n) is 3.36. The molecule has 23 heavy (non-hydrogen) atoms. The van der Waals surface area contributed by atoms with Crippen LogP contribution in [0.2, 0.25) is 0 Å². The van der Waals surface area contributed by atoms with Gasteiger partial charge < -0.3 is 15.3 Å². The van der Waals surface area contributed by atoms with E-state index < -0.39 is 5.60 Å². The van der Waals surface area contributed by atoms with Crippen LogP contribution in [0.5, 0.6) is 0 Å². The predicted octanol–water partition coefficient (Wildman–Crippen LogP) is 2.58. The highest BCUT2D eigenvalue weighted by Gasteiger charge is 2.23. The number of hydrogen-bond acceptors (Lipinski definition) is 3. The predicted molar refractivity (Wildman–Crippen MR) is 90.0 cm³/mol. The minimum absolute atomic E-state index is 0.239. The third-order valence-corrected chi connectivity index (χ3v) is 3.36. The average molecular weight is 313 g/mol. The Morgan fingerprint density at radius 3 is 2.43 bits per heavy atom. The van der Waals surface area contributed by atoms with E-state index in [1.54, 1.807) is 27.1 Å². The summed E-state index contributed by atoms with van der Waals surface area (Å²) in [6, 6.07) is 14.7. The van der Waals surface area contributed by atoms with Crippen LogP contribution in [0, 0.1) is 0 Å². The van der Waals surface area contributed by atoms with Gasteiger partial charge in [0.15, 0.2) is 0 Å². The summed E-state index contributed by atoms with van der Waals surface area (Å²) in [6.45, 7) is 3.58. The van der Waals surface area contributed by atoms with Crippen LogP contribution in [-0.4, -0.2) is 40.2 Å².